The molecule has 2 rings (SSSR count). The van der Waals surface area contributed by atoms with Crippen molar-refractivity contribution in [2.24, 2.45) is 4.99 Å². The quantitative estimate of drug-likeness (QED) is 0.348. The zero-order chi connectivity index (χ0) is 19.7. The standard InChI is InChI=1S/C18H35N5O2S2/c1-4-19-18(21-17-5-8-22(9-6-17)15-16(2)3)20-7-14-27(24,25)23-10-12-26-13-11-23/h17H,2,4-15H2,1,3H3,(H2,19,20,21). The summed E-state index contributed by atoms with van der Waals surface area (Å²) >= 11 is 1.81. The number of nitrogens with one attached hydrogen (secondary N) is 2. The third kappa shape index (κ3) is 8.01. The minimum absolute atomic E-state index is 0.0747. The molecule has 0 radical (unpaired) electrons. The molecule has 2 N–H and O–H groups in total. The van der Waals surface area contributed by atoms with E-state index in [0.29, 0.717) is 19.1 Å². The fourth-order valence-electron chi connectivity index (χ4n) is 3.36. The number of guanidine groups is 1. The smallest absolute Gasteiger partial charge is 0.215 e. The third-order valence-corrected chi connectivity index (χ3v) is 7.54. The topological polar surface area (TPSA) is 77.0 Å². The van der Waals surface area contributed by atoms with Crippen LogP contribution in [0.2, 0.25) is 0 Å². The molecule has 0 amide bonds. The van der Waals surface area contributed by atoms with Crippen LogP contribution in [0.25, 0.3) is 0 Å². The molecule has 2 aliphatic rings. The van der Waals surface area contributed by atoms with Gasteiger partial charge >= 0.3 is 0 Å². The molecular weight excluding hydrogens is 382 g/mol. The Morgan fingerprint density at radius 3 is 2.48 bits per heavy atom. The van der Waals surface area contributed by atoms with Crippen LogP contribution in [-0.2, 0) is 10.0 Å². The Morgan fingerprint density at radius 2 is 1.89 bits per heavy atom. The van der Waals surface area contributed by atoms with E-state index in [9.17, 15) is 8.42 Å². The van der Waals surface area contributed by atoms with Crippen LogP contribution in [-0.4, -0.2) is 92.7 Å². The average molecular weight is 418 g/mol. The van der Waals surface area contributed by atoms with E-state index in [-0.39, 0.29) is 12.3 Å². The van der Waals surface area contributed by atoms with Gasteiger partial charge in [-0.3, -0.25) is 9.89 Å². The maximum atomic E-state index is 12.4. The molecule has 0 saturated carbocycles. The van der Waals surface area contributed by atoms with Crippen molar-refractivity contribution in [1.29, 1.82) is 0 Å². The summed E-state index contributed by atoms with van der Waals surface area (Å²) in [6.07, 6.45) is 2.11. The van der Waals surface area contributed by atoms with Crippen LogP contribution >= 0.6 is 11.8 Å². The van der Waals surface area contributed by atoms with Gasteiger partial charge in [0.2, 0.25) is 10.0 Å². The van der Waals surface area contributed by atoms with E-state index in [0.717, 1.165) is 56.5 Å². The summed E-state index contributed by atoms with van der Waals surface area (Å²) in [6.45, 7) is 13.4. The predicted molar refractivity (Wildman–Crippen MR) is 116 cm³/mol. The van der Waals surface area contributed by atoms with Crippen LogP contribution in [0, 0.1) is 0 Å². The first-order valence-electron chi connectivity index (χ1n) is 9.88. The molecule has 9 heteroatoms. The Hall–Kier alpha value is -0.770. The molecule has 0 aromatic carbocycles. The minimum Gasteiger partial charge on any atom is -0.357 e. The highest BCUT2D eigenvalue weighted by molar-refractivity contribution is 7.99. The lowest BCUT2D eigenvalue weighted by Crippen LogP contribution is -2.49. The van der Waals surface area contributed by atoms with Crippen molar-refractivity contribution in [3.63, 3.8) is 0 Å². The lowest BCUT2D eigenvalue weighted by molar-refractivity contribution is 0.221. The van der Waals surface area contributed by atoms with Crippen LogP contribution in [0.4, 0.5) is 0 Å². The molecular formula is C18H35N5O2S2. The van der Waals surface area contributed by atoms with E-state index in [4.69, 9.17) is 0 Å². The van der Waals surface area contributed by atoms with Crippen LogP contribution in [0.5, 0.6) is 0 Å². The van der Waals surface area contributed by atoms with E-state index in [2.05, 4.69) is 34.0 Å². The molecule has 0 atom stereocenters. The normalized spacial score (nSPS) is 21.2. The predicted octanol–water partition coefficient (Wildman–Crippen LogP) is 0.961. The number of likely N-dealkylation sites (tertiary alicyclic amines) is 1. The van der Waals surface area contributed by atoms with Gasteiger partial charge in [0.05, 0.1) is 12.3 Å². The monoisotopic (exact) mass is 417 g/mol. The highest BCUT2D eigenvalue weighted by Gasteiger charge is 2.24. The number of hydrogen-bond donors (Lipinski definition) is 2. The Balaban J connectivity index is 1.81. The number of hydrogen-bond acceptors (Lipinski definition) is 5. The second kappa shape index (κ2) is 11.3. The van der Waals surface area contributed by atoms with E-state index >= 15 is 0 Å². The van der Waals surface area contributed by atoms with Crippen molar-refractivity contribution in [3.8, 4) is 0 Å². The Kier molecular flexibility index (Phi) is 9.41. The van der Waals surface area contributed by atoms with Crippen molar-refractivity contribution >= 4 is 27.7 Å². The van der Waals surface area contributed by atoms with Crippen molar-refractivity contribution in [1.82, 2.24) is 19.8 Å². The lowest BCUT2D eigenvalue weighted by atomic mass is 10.0. The Bertz CT molecular complexity index is 595. The summed E-state index contributed by atoms with van der Waals surface area (Å²) in [6, 6.07) is 0.375. The van der Waals surface area contributed by atoms with Gasteiger partial charge in [-0.1, -0.05) is 12.2 Å². The minimum atomic E-state index is -3.20. The van der Waals surface area contributed by atoms with E-state index in [1.807, 2.05) is 18.7 Å². The third-order valence-electron chi connectivity index (χ3n) is 4.75. The molecule has 0 bridgehead atoms. The maximum Gasteiger partial charge on any atom is 0.215 e. The van der Waals surface area contributed by atoms with Crippen LogP contribution in [0.15, 0.2) is 17.1 Å². The van der Waals surface area contributed by atoms with Crippen LogP contribution in [0.1, 0.15) is 26.7 Å². The SMILES string of the molecule is C=C(C)CN1CCC(NC(=NCCS(=O)(=O)N2CCSCC2)NCC)CC1. The van der Waals surface area contributed by atoms with E-state index in [1.54, 1.807) is 4.31 Å². The van der Waals surface area contributed by atoms with Gasteiger partial charge in [0.1, 0.15) is 0 Å². The second-order valence-electron chi connectivity index (χ2n) is 7.24. The van der Waals surface area contributed by atoms with Crippen molar-refractivity contribution < 1.29 is 8.42 Å². The molecule has 27 heavy (non-hydrogen) atoms. The lowest BCUT2D eigenvalue weighted by Gasteiger charge is -2.33. The van der Waals surface area contributed by atoms with Gasteiger partial charge in [0.15, 0.2) is 5.96 Å². The summed E-state index contributed by atoms with van der Waals surface area (Å²) in [5, 5.41) is 6.71. The van der Waals surface area contributed by atoms with Gasteiger partial charge in [-0.2, -0.15) is 11.8 Å². The average Bonchev–Trinajstić information content (AvgIpc) is 2.64. The fourth-order valence-corrected chi connectivity index (χ4v) is 5.81. The van der Waals surface area contributed by atoms with E-state index in [1.165, 1.54) is 5.57 Å². The molecule has 2 fully saturated rings. The molecule has 7 nitrogen and oxygen atoms in total. The first-order valence-corrected chi connectivity index (χ1v) is 12.6. The first-order chi connectivity index (χ1) is 12.9. The van der Waals surface area contributed by atoms with E-state index < -0.39 is 10.0 Å². The zero-order valence-electron chi connectivity index (χ0n) is 16.7. The highest BCUT2D eigenvalue weighted by Crippen LogP contribution is 2.13. The Labute approximate surface area is 169 Å². The number of thioether (sulfide) groups is 1. The van der Waals surface area contributed by atoms with Crippen LogP contribution in [0.3, 0.4) is 0 Å². The Morgan fingerprint density at radius 1 is 1.22 bits per heavy atom. The van der Waals surface area contributed by atoms with Crippen molar-refractivity contribution in [3.05, 3.63) is 12.2 Å². The summed E-state index contributed by atoms with van der Waals surface area (Å²) in [5.74, 6) is 2.57. The van der Waals surface area contributed by atoms with Crippen molar-refractivity contribution in [2.45, 2.75) is 32.7 Å². The number of nitrogens with zero attached hydrogens (tertiary/aromatic N) is 3. The largest absolute Gasteiger partial charge is 0.357 e. The zero-order valence-corrected chi connectivity index (χ0v) is 18.4. The molecule has 2 heterocycles. The number of piperidine rings is 1. The summed E-state index contributed by atoms with van der Waals surface area (Å²) in [4.78, 5) is 6.94. The van der Waals surface area contributed by atoms with Gasteiger partial charge in [-0.25, -0.2) is 12.7 Å². The van der Waals surface area contributed by atoms with Gasteiger partial charge in [-0.05, 0) is 26.7 Å². The molecule has 2 saturated heterocycles. The van der Waals surface area contributed by atoms with Gasteiger partial charge in [0, 0.05) is 56.8 Å². The number of rotatable bonds is 8. The summed E-state index contributed by atoms with van der Waals surface area (Å²) in [5.41, 5.74) is 1.20. The number of sulfonamides is 1. The molecule has 0 unspecified atom stereocenters. The molecule has 156 valence electrons. The number of aliphatic imine (C=N–C) groups is 1. The fraction of sp³-hybridized carbons (Fsp3) is 0.833. The summed E-state index contributed by atoms with van der Waals surface area (Å²) in [7, 11) is -3.20. The van der Waals surface area contributed by atoms with Gasteiger partial charge < -0.3 is 10.6 Å². The molecule has 2 aliphatic heterocycles. The molecule has 0 spiro atoms. The first kappa shape index (κ1) is 22.5. The van der Waals surface area contributed by atoms with Crippen LogP contribution < -0.4 is 10.6 Å². The maximum absolute atomic E-state index is 12.4. The van der Waals surface area contributed by atoms with Gasteiger partial charge in [-0.15, -0.1) is 0 Å². The molecule has 0 aliphatic carbocycles. The molecule has 0 aromatic rings. The van der Waals surface area contributed by atoms with Crippen molar-refractivity contribution in [2.75, 3.05) is 63.1 Å². The molecule has 0 aromatic heterocycles. The van der Waals surface area contributed by atoms with Gasteiger partial charge in [0.25, 0.3) is 0 Å². The summed E-state index contributed by atoms with van der Waals surface area (Å²) < 4.78 is 26.5. The highest BCUT2D eigenvalue weighted by atomic mass is 32.2. The second-order valence-corrected chi connectivity index (χ2v) is 10.6.